The molecule has 1 fully saturated rings. The quantitative estimate of drug-likeness (QED) is 0.846. The van der Waals surface area contributed by atoms with E-state index in [1.807, 2.05) is 48.7 Å². The van der Waals surface area contributed by atoms with E-state index >= 15 is 0 Å². The molecule has 130 valence electrons. The number of morpholine rings is 1. The van der Waals surface area contributed by atoms with Crippen molar-refractivity contribution in [1.82, 2.24) is 14.0 Å². The first-order valence-corrected chi connectivity index (χ1v) is 8.96. The minimum atomic E-state index is -0.0618. The summed E-state index contributed by atoms with van der Waals surface area (Å²) in [5, 5.41) is 0. The predicted octanol–water partition coefficient (Wildman–Crippen LogP) is 1.86. The Morgan fingerprint density at radius 3 is 2.83 bits per heavy atom. The normalized spacial score (nSPS) is 18.1. The van der Waals surface area contributed by atoms with Crippen LogP contribution in [0.15, 0.2) is 23.1 Å². The maximum Gasteiger partial charge on any atom is 0.307 e. The highest BCUT2D eigenvalue weighted by Crippen LogP contribution is 2.25. The van der Waals surface area contributed by atoms with Crippen molar-refractivity contribution in [3.05, 3.63) is 44.3 Å². The van der Waals surface area contributed by atoms with E-state index in [0.717, 1.165) is 16.3 Å². The molecular formula is C17H23N3O3S. The maximum absolute atomic E-state index is 12.8. The van der Waals surface area contributed by atoms with Gasteiger partial charge in [0.25, 0.3) is 0 Å². The molecule has 0 saturated carbocycles. The number of aryl methyl sites for hydroxylation is 2. The lowest BCUT2D eigenvalue weighted by atomic mass is 10.1. The summed E-state index contributed by atoms with van der Waals surface area (Å²) in [6.45, 7) is 5.96. The number of aromatic nitrogens is 2. The molecule has 3 rings (SSSR count). The van der Waals surface area contributed by atoms with Crippen molar-refractivity contribution < 1.29 is 9.53 Å². The van der Waals surface area contributed by atoms with Crippen LogP contribution >= 0.6 is 11.3 Å². The Morgan fingerprint density at radius 2 is 2.21 bits per heavy atom. The van der Waals surface area contributed by atoms with E-state index in [4.69, 9.17) is 4.74 Å². The molecule has 2 aromatic heterocycles. The monoisotopic (exact) mass is 349 g/mol. The fourth-order valence-electron chi connectivity index (χ4n) is 3.16. The fourth-order valence-corrected chi connectivity index (χ4v) is 4.02. The van der Waals surface area contributed by atoms with Gasteiger partial charge in [0.2, 0.25) is 5.91 Å². The number of rotatable bonds is 4. The Morgan fingerprint density at radius 1 is 1.42 bits per heavy atom. The maximum atomic E-state index is 12.8. The first kappa shape index (κ1) is 17.0. The van der Waals surface area contributed by atoms with E-state index in [0.29, 0.717) is 32.7 Å². The number of carbonyl (C=O) groups excluding carboxylic acids is 1. The highest BCUT2D eigenvalue weighted by molar-refractivity contribution is 7.09. The molecular weight excluding hydrogens is 326 g/mol. The van der Waals surface area contributed by atoms with Gasteiger partial charge < -0.3 is 18.8 Å². The Hall–Kier alpha value is -1.86. The van der Waals surface area contributed by atoms with E-state index in [-0.39, 0.29) is 16.8 Å². The standard InChI is InChI=1S/C17H23N3O3S/c1-12-13(2)24-17(22)19(12)8-6-16(21)20-9-10-23-11-15(20)14-5-4-7-18(14)3/h4-5,7,15H,6,8-11H2,1-3H3. The molecule has 0 bridgehead atoms. The lowest BCUT2D eigenvalue weighted by molar-refractivity contribution is -0.140. The van der Waals surface area contributed by atoms with E-state index in [1.165, 1.54) is 11.3 Å². The number of hydrogen-bond acceptors (Lipinski definition) is 4. The molecule has 0 aliphatic carbocycles. The van der Waals surface area contributed by atoms with Crippen molar-refractivity contribution in [3.63, 3.8) is 0 Å². The summed E-state index contributed by atoms with van der Waals surface area (Å²) in [5.74, 6) is 0.0691. The average Bonchev–Trinajstić information content (AvgIpc) is 3.09. The van der Waals surface area contributed by atoms with E-state index in [2.05, 4.69) is 0 Å². The summed E-state index contributed by atoms with van der Waals surface area (Å²) >= 11 is 1.24. The van der Waals surface area contributed by atoms with Crippen LogP contribution < -0.4 is 4.87 Å². The molecule has 2 aromatic rings. The van der Waals surface area contributed by atoms with Crippen LogP contribution in [0.5, 0.6) is 0 Å². The van der Waals surface area contributed by atoms with Crippen LogP contribution in [0.2, 0.25) is 0 Å². The van der Waals surface area contributed by atoms with Gasteiger partial charge in [0, 0.05) is 49.0 Å². The van der Waals surface area contributed by atoms with E-state index < -0.39 is 0 Å². The van der Waals surface area contributed by atoms with Crippen LogP contribution in [0.25, 0.3) is 0 Å². The Balaban J connectivity index is 1.73. The number of nitrogens with zero attached hydrogens (tertiary/aromatic N) is 3. The molecule has 3 heterocycles. The van der Waals surface area contributed by atoms with Gasteiger partial charge in [-0.2, -0.15) is 0 Å². The van der Waals surface area contributed by atoms with Crippen LogP contribution in [-0.4, -0.2) is 39.7 Å². The zero-order valence-electron chi connectivity index (χ0n) is 14.3. The summed E-state index contributed by atoms with van der Waals surface area (Å²) < 4.78 is 9.31. The van der Waals surface area contributed by atoms with E-state index in [9.17, 15) is 9.59 Å². The lowest BCUT2D eigenvalue weighted by Crippen LogP contribution is -2.44. The molecule has 1 aliphatic heterocycles. The first-order valence-electron chi connectivity index (χ1n) is 8.14. The largest absolute Gasteiger partial charge is 0.377 e. The molecule has 1 aliphatic rings. The van der Waals surface area contributed by atoms with Gasteiger partial charge in [-0.3, -0.25) is 9.59 Å². The first-order chi connectivity index (χ1) is 11.5. The van der Waals surface area contributed by atoms with Crippen molar-refractivity contribution in [2.75, 3.05) is 19.8 Å². The van der Waals surface area contributed by atoms with Gasteiger partial charge >= 0.3 is 4.87 Å². The van der Waals surface area contributed by atoms with Crippen molar-refractivity contribution in [2.45, 2.75) is 32.9 Å². The highest BCUT2D eigenvalue weighted by atomic mass is 32.1. The van der Waals surface area contributed by atoms with Crippen molar-refractivity contribution in [1.29, 1.82) is 0 Å². The minimum Gasteiger partial charge on any atom is -0.377 e. The van der Waals surface area contributed by atoms with Gasteiger partial charge in [-0.15, -0.1) is 0 Å². The molecule has 0 N–H and O–H groups in total. The van der Waals surface area contributed by atoms with Gasteiger partial charge in [-0.1, -0.05) is 11.3 Å². The third-order valence-corrected chi connectivity index (χ3v) is 5.70. The van der Waals surface area contributed by atoms with Crippen LogP contribution in [0.1, 0.15) is 28.7 Å². The second kappa shape index (κ2) is 6.94. The topological polar surface area (TPSA) is 56.5 Å². The number of ether oxygens (including phenoxy) is 1. The van der Waals surface area contributed by atoms with Crippen molar-refractivity contribution >= 4 is 17.2 Å². The predicted molar refractivity (Wildman–Crippen MR) is 93.4 cm³/mol. The molecule has 1 atom stereocenters. The molecule has 0 radical (unpaired) electrons. The van der Waals surface area contributed by atoms with Crippen LogP contribution in [0.3, 0.4) is 0 Å². The summed E-state index contributed by atoms with van der Waals surface area (Å²) in [5.41, 5.74) is 2.03. The van der Waals surface area contributed by atoms with Crippen molar-refractivity contribution in [2.24, 2.45) is 7.05 Å². The molecule has 1 saturated heterocycles. The molecule has 6 nitrogen and oxygen atoms in total. The van der Waals surface area contributed by atoms with Crippen molar-refractivity contribution in [3.8, 4) is 0 Å². The van der Waals surface area contributed by atoms with Crippen LogP contribution in [0.4, 0.5) is 0 Å². The third kappa shape index (κ3) is 3.18. The molecule has 7 heteroatoms. The summed E-state index contributed by atoms with van der Waals surface area (Å²) in [7, 11) is 1.98. The average molecular weight is 349 g/mol. The zero-order chi connectivity index (χ0) is 17.3. The second-order valence-electron chi connectivity index (χ2n) is 6.13. The summed E-state index contributed by atoms with van der Waals surface area (Å²) in [6, 6.07) is 3.94. The zero-order valence-corrected chi connectivity index (χ0v) is 15.1. The highest BCUT2D eigenvalue weighted by Gasteiger charge is 2.29. The van der Waals surface area contributed by atoms with Gasteiger partial charge in [0.15, 0.2) is 0 Å². The SMILES string of the molecule is Cc1sc(=O)n(CCC(=O)N2CCOCC2c2cccn2C)c1C. The molecule has 0 aromatic carbocycles. The van der Waals surface area contributed by atoms with Gasteiger partial charge in [0.1, 0.15) is 0 Å². The fraction of sp³-hybridized carbons (Fsp3) is 0.529. The van der Waals surface area contributed by atoms with E-state index in [1.54, 1.807) is 4.57 Å². The number of carbonyl (C=O) groups is 1. The lowest BCUT2D eigenvalue weighted by Gasteiger charge is -2.36. The Labute approximate surface area is 145 Å². The van der Waals surface area contributed by atoms with Gasteiger partial charge in [-0.25, -0.2) is 0 Å². The molecule has 0 spiro atoms. The molecule has 1 amide bonds. The minimum absolute atomic E-state index is 0.0127. The molecule has 24 heavy (non-hydrogen) atoms. The van der Waals surface area contributed by atoms with Gasteiger partial charge in [-0.05, 0) is 26.0 Å². The number of thiazole rings is 1. The second-order valence-corrected chi connectivity index (χ2v) is 7.30. The van der Waals surface area contributed by atoms with Crippen LogP contribution in [-0.2, 0) is 23.1 Å². The summed E-state index contributed by atoms with van der Waals surface area (Å²) in [6.07, 6.45) is 2.31. The third-order valence-electron chi connectivity index (χ3n) is 4.70. The Kier molecular flexibility index (Phi) is 4.91. The molecule has 1 unspecified atom stereocenters. The smallest absolute Gasteiger partial charge is 0.307 e. The van der Waals surface area contributed by atoms with Crippen LogP contribution in [0, 0.1) is 13.8 Å². The number of hydrogen-bond donors (Lipinski definition) is 0. The summed E-state index contributed by atoms with van der Waals surface area (Å²) in [4.78, 5) is 27.7. The van der Waals surface area contributed by atoms with Gasteiger partial charge in [0.05, 0.1) is 19.3 Å². The number of amides is 1. The Bertz CT molecular complexity index is 789.